The Morgan fingerprint density at radius 1 is 1.28 bits per heavy atom. The molecule has 0 spiro atoms. The van der Waals surface area contributed by atoms with E-state index in [0.29, 0.717) is 29.8 Å². The number of carboxylic acids is 1. The maximum Gasteiger partial charge on any atom is 0.308 e. The minimum absolute atomic E-state index is 0.0543. The molecule has 1 aliphatic heterocycles. The molecule has 3 atom stereocenters. The molecule has 2 heterocycles. The number of methoxy groups -OCH3 is 1. The summed E-state index contributed by atoms with van der Waals surface area (Å²) in [5.74, 6) is -0.115. The fourth-order valence-electron chi connectivity index (χ4n) is 4.99. The van der Waals surface area contributed by atoms with Gasteiger partial charge in [0.25, 0.3) is 0 Å². The lowest BCUT2D eigenvalue weighted by atomic mass is 9.81. The zero-order chi connectivity index (χ0) is 25.5. The van der Waals surface area contributed by atoms with Crippen LogP contribution >= 0.6 is 11.8 Å². The second-order valence-corrected chi connectivity index (χ2v) is 10.4. The first-order valence-electron chi connectivity index (χ1n) is 12.3. The van der Waals surface area contributed by atoms with Crippen LogP contribution in [-0.4, -0.2) is 53.5 Å². The van der Waals surface area contributed by atoms with Gasteiger partial charge in [-0.05, 0) is 98.5 Å². The van der Waals surface area contributed by atoms with Crippen LogP contribution in [-0.2, 0) is 4.79 Å². The Kier molecular flexibility index (Phi) is 9.15. The van der Waals surface area contributed by atoms with Crippen molar-refractivity contribution in [3.63, 3.8) is 0 Å². The van der Waals surface area contributed by atoms with Crippen molar-refractivity contribution in [2.24, 2.45) is 11.8 Å². The molecule has 0 aliphatic carbocycles. The Morgan fingerprint density at radius 3 is 2.92 bits per heavy atom. The molecule has 1 saturated heterocycles. The summed E-state index contributed by atoms with van der Waals surface area (Å²) in [4.78, 5) is 19.4. The Balaban J connectivity index is 1.29. The van der Waals surface area contributed by atoms with Crippen LogP contribution in [0.25, 0.3) is 10.9 Å². The number of benzene rings is 2. The molecule has 0 radical (unpaired) electrons. The Labute approximate surface area is 214 Å². The smallest absolute Gasteiger partial charge is 0.308 e. The highest BCUT2D eigenvalue weighted by molar-refractivity contribution is 7.99. The molecule has 1 aliphatic rings. The number of aliphatic carboxylic acids is 1. The van der Waals surface area contributed by atoms with Crippen LogP contribution in [0.5, 0.6) is 5.75 Å². The predicted octanol–water partition coefficient (Wildman–Crippen LogP) is 6.38. The van der Waals surface area contributed by atoms with Crippen LogP contribution < -0.4 is 4.74 Å². The molecule has 1 N–H and O–H groups in total. The van der Waals surface area contributed by atoms with Gasteiger partial charge in [-0.25, -0.2) is 8.78 Å². The SMILES string of the molecule is COc1ccc2nccc(C(F)CC[C@@H]3CCN(CCCSc4cccc(F)c4)C[C@@H]3C(=O)O)c2c1. The van der Waals surface area contributed by atoms with E-state index in [9.17, 15) is 14.3 Å². The van der Waals surface area contributed by atoms with Gasteiger partial charge >= 0.3 is 5.97 Å². The number of aromatic nitrogens is 1. The molecule has 0 amide bonds. The summed E-state index contributed by atoms with van der Waals surface area (Å²) in [6.07, 6.45) is 2.84. The van der Waals surface area contributed by atoms with Crippen molar-refractivity contribution < 1.29 is 23.4 Å². The largest absolute Gasteiger partial charge is 0.497 e. The zero-order valence-corrected chi connectivity index (χ0v) is 21.2. The van der Waals surface area contributed by atoms with Gasteiger partial charge in [-0.1, -0.05) is 6.07 Å². The summed E-state index contributed by atoms with van der Waals surface area (Å²) in [5, 5.41) is 10.6. The van der Waals surface area contributed by atoms with Crippen molar-refractivity contribution >= 4 is 28.6 Å². The van der Waals surface area contributed by atoms with Gasteiger partial charge in [0.1, 0.15) is 17.7 Å². The van der Waals surface area contributed by atoms with Crippen molar-refractivity contribution in [2.75, 3.05) is 32.5 Å². The summed E-state index contributed by atoms with van der Waals surface area (Å²) in [5.41, 5.74) is 1.28. The van der Waals surface area contributed by atoms with Crippen LogP contribution in [0.3, 0.4) is 0 Å². The lowest BCUT2D eigenvalue weighted by Crippen LogP contribution is -2.44. The Bertz CT molecular complexity index is 1180. The Morgan fingerprint density at radius 2 is 2.14 bits per heavy atom. The number of likely N-dealkylation sites (tertiary alicyclic amines) is 1. The van der Waals surface area contributed by atoms with Gasteiger partial charge in [-0.2, -0.15) is 0 Å². The normalized spacial score (nSPS) is 19.3. The number of alkyl halides is 1. The number of fused-ring (bicyclic) bond motifs is 1. The topological polar surface area (TPSA) is 62.7 Å². The fourth-order valence-corrected chi connectivity index (χ4v) is 5.87. The zero-order valence-electron chi connectivity index (χ0n) is 20.4. The number of pyridine rings is 1. The summed E-state index contributed by atoms with van der Waals surface area (Å²) in [7, 11) is 1.58. The van der Waals surface area contributed by atoms with Gasteiger partial charge in [-0.15, -0.1) is 11.8 Å². The van der Waals surface area contributed by atoms with E-state index in [1.807, 2.05) is 12.1 Å². The number of hydrogen-bond donors (Lipinski definition) is 1. The van der Waals surface area contributed by atoms with Gasteiger partial charge in [-0.3, -0.25) is 9.78 Å². The minimum atomic E-state index is -1.20. The number of nitrogens with zero attached hydrogens (tertiary/aromatic N) is 2. The third-order valence-electron chi connectivity index (χ3n) is 6.95. The maximum atomic E-state index is 15.4. The second-order valence-electron chi connectivity index (χ2n) is 9.28. The van der Waals surface area contributed by atoms with E-state index in [-0.39, 0.29) is 18.2 Å². The van der Waals surface area contributed by atoms with Crippen LogP contribution in [0, 0.1) is 17.7 Å². The monoisotopic (exact) mass is 514 g/mol. The van der Waals surface area contributed by atoms with Gasteiger partial charge in [0, 0.05) is 23.0 Å². The van der Waals surface area contributed by atoms with Gasteiger partial charge in [0.2, 0.25) is 0 Å². The molecule has 8 heteroatoms. The van der Waals surface area contributed by atoms with E-state index in [4.69, 9.17) is 4.74 Å². The third kappa shape index (κ3) is 6.73. The number of ether oxygens (including phenoxy) is 1. The minimum Gasteiger partial charge on any atom is -0.497 e. The number of halogens is 2. The number of carboxylic acid groups (broad SMARTS) is 1. The lowest BCUT2D eigenvalue weighted by molar-refractivity contribution is -0.146. The van der Waals surface area contributed by atoms with Gasteiger partial charge in [0.05, 0.1) is 18.5 Å². The summed E-state index contributed by atoms with van der Waals surface area (Å²) in [6.45, 7) is 2.10. The van der Waals surface area contributed by atoms with Crippen LogP contribution in [0.4, 0.5) is 8.78 Å². The molecule has 36 heavy (non-hydrogen) atoms. The van der Waals surface area contributed by atoms with E-state index in [1.165, 1.54) is 12.1 Å². The molecule has 3 aromatic rings. The lowest BCUT2D eigenvalue weighted by Gasteiger charge is -2.36. The first-order valence-corrected chi connectivity index (χ1v) is 13.3. The number of hydrogen-bond acceptors (Lipinski definition) is 5. The molecule has 0 bridgehead atoms. The highest BCUT2D eigenvalue weighted by Gasteiger charge is 2.34. The second kappa shape index (κ2) is 12.5. The van der Waals surface area contributed by atoms with Crippen molar-refractivity contribution in [2.45, 2.75) is 36.8 Å². The van der Waals surface area contributed by atoms with Crippen LogP contribution in [0.15, 0.2) is 59.6 Å². The van der Waals surface area contributed by atoms with E-state index >= 15 is 4.39 Å². The maximum absolute atomic E-state index is 15.4. The highest BCUT2D eigenvalue weighted by atomic mass is 32.2. The Hall–Kier alpha value is -2.71. The molecule has 1 unspecified atom stereocenters. The third-order valence-corrected chi connectivity index (χ3v) is 8.03. The average Bonchev–Trinajstić information content (AvgIpc) is 2.89. The molecule has 2 aromatic carbocycles. The van der Waals surface area contributed by atoms with E-state index < -0.39 is 18.1 Å². The van der Waals surface area contributed by atoms with Gasteiger partial charge < -0.3 is 14.7 Å². The molecular weight excluding hydrogens is 482 g/mol. The molecule has 0 saturated carbocycles. The van der Waals surface area contributed by atoms with Crippen molar-refractivity contribution in [3.8, 4) is 5.75 Å². The van der Waals surface area contributed by atoms with Crippen LogP contribution in [0.1, 0.15) is 37.4 Å². The number of piperidine rings is 1. The number of thioether (sulfide) groups is 1. The van der Waals surface area contributed by atoms with Crippen LogP contribution in [0.2, 0.25) is 0 Å². The van der Waals surface area contributed by atoms with E-state index in [1.54, 1.807) is 49.3 Å². The predicted molar refractivity (Wildman–Crippen MR) is 139 cm³/mol. The standard InChI is InChI=1S/C28H32F2N2O3S/c1-35-21-7-9-27-24(17-21)23(10-12-31-27)26(30)8-6-19-11-14-32(18-25(19)28(33)34)13-3-15-36-22-5-2-4-20(29)16-22/h2,4-5,7,9-10,12,16-17,19,25-26H,3,6,8,11,13-15,18H2,1H3,(H,33,34)/t19-,25+,26?/m1/s1. The quantitative estimate of drug-likeness (QED) is 0.237. The number of rotatable bonds is 11. The molecule has 192 valence electrons. The fraction of sp³-hybridized carbons (Fsp3) is 0.429. The molecular formula is C28H32F2N2O3S. The first-order chi connectivity index (χ1) is 17.4. The summed E-state index contributed by atoms with van der Waals surface area (Å²) < 4.78 is 34.0. The average molecular weight is 515 g/mol. The molecule has 4 rings (SSSR count). The van der Waals surface area contributed by atoms with Crippen molar-refractivity contribution in [1.82, 2.24) is 9.88 Å². The summed E-state index contributed by atoms with van der Waals surface area (Å²) in [6, 6.07) is 13.7. The highest BCUT2D eigenvalue weighted by Crippen LogP contribution is 2.35. The van der Waals surface area contributed by atoms with E-state index in [2.05, 4.69) is 9.88 Å². The van der Waals surface area contributed by atoms with Crippen molar-refractivity contribution in [3.05, 3.63) is 66.1 Å². The first kappa shape index (κ1) is 26.4. The molecule has 1 aromatic heterocycles. The van der Waals surface area contributed by atoms with Gasteiger partial charge in [0.15, 0.2) is 0 Å². The van der Waals surface area contributed by atoms with E-state index in [0.717, 1.165) is 42.0 Å². The molecule has 5 nitrogen and oxygen atoms in total. The molecule has 1 fully saturated rings. The summed E-state index contributed by atoms with van der Waals surface area (Å²) >= 11 is 1.61. The van der Waals surface area contributed by atoms with Crippen molar-refractivity contribution in [1.29, 1.82) is 0 Å². The number of carbonyl (C=O) groups is 1.